The van der Waals surface area contributed by atoms with E-state index in [1.54, 1.807) is 0 Å². The third kappa shape index (κ3) is 6.79. The molecule has 174 valence electrons. The van der Waals surface area contributed by atoms with E-state index in [1.807, 2.05) is 30.9 Å². The van der Waals surface area contributed by atoms with E-state index in [0.29, 0.717) is 36.0 Å². The fraction of sp³-hybridized carbons (Fsp3) is 0.435. The van der Waals surface area contributed by atoms with E-state index in [-0.39, 0.29) is 24.8 Å². The summed E-state index contributed by atoms with van der Waals surface area (Å²) in [7, 11) is 0. The Kier molecular flexibility index (Phi) is 7.92. The number of ether oxygens (including phenoxy) is 2. The van der Waals surface area contributed by atoms with E-state index in [2.05, 4.69) is 10.1 Å². The van der Waals surface area contributed by atoms with Crippen LogP contribution in [-0.2, 0) is 4.79 Å². The van der Waals surface area contributed by atoms with Crippen LogP contribution in [0.4, 0.5) is 14.5 Å². The molecule has 1 amide bonds. The van der Waals surface area contributed by atoms with Gasteiger partial charge in [0.2, 0.25) is 5.91 Å². The largest absolute Gasteiger partial charge is 0.491 e. The van der Waals surface area contributed by atoms with Crippen molar-refractivity contribution < 1.29 is 28.2 Å². The van der Waals surface area contributed by atoms with Crippen LogP contribution in [0.2, 0.25) is 5.02 Å². The second-order valence-electron chi connectivity index (χ2n) is 8.15. The van der Waals surface area contributed by atoms with Crippen molar-refractivity contribution in [3.05, 3.63) is 52.5 Å². The Bertz CT molecular complexity index is 919. The van der Waals surface area contributed by atoms with Gasteiger partial charge in [-0.1, -0.05) is 11.6 Å². The molecule has 1 saturated heterocycles. The molecular formula is C23H27ClF2N2O4. The minimum atomic E-state index is -2.90. The number of benzene rings is 2. The Morgan fingerprint density at radius 3 is 2.50 bits per heavy atom. The average Bonchev–Trinajstić information content (AvgIpc) is 2.71. The molecule has 9 heteroatoms. The van der Waals surface area contributed by atoms with Crippen molar-refractivity contribution in [2.75, 3.05) is 31.6 Å². The maximum atomic E-state index is 12.4. The number of β-amino-alcohol motifs (C(OH)–C–C–N with tert-alkyl or cyclic N) is 1. The molecule has 1 aliphatic heterocycles. The summed E-state index contributed by atoms with van der Waals surface area (Å²) in [5.41, 5.74) is 1.21. The van der Waals surface area contributed by atoms with Crippen LogP contribution in [0.5, 0.6) is 11.5 Å². The first kappa shape index (κ1) is 24.2. The van der Waals surface area contributed by atoms with Gasteiger partial charge in [0, 0.05) is 17.3 Å². The number of piperidine rings is 1. The molecule has 2 aromatic rings. The molecule has 6 nitrogen and oxygen atoms in total. The van der Waals surface area contributed by atoms with Crippen LogP contribution < -0.4 is 14.8 Å². The van der Waals surface area contributed by atoms with Crippen molar-refractivity contribution in [2.45, 2.75) is 38.9 Å². The van der Waals surface area contributed by atoms with Crippen LogP contribution in [0.1, 0.15) is 24.0 Å². The molecule has 2 N–H and O–H groups in total. The topological polar surface area (TPSA) is 71.0 Å². The van der Waals surface area contributed by atoms with Crippen molar-refractivity contribution in [1.82, 2.24) is 4.90 Å². The third-order valence-electron chi connectivity index (χ3n) is 5.28. The fourth-order valence-corrected chi connectivity index (χ4v) is 3.90. The SMILES string of the molecule is Cc1cc(OCC2(O)CCCN(CC(=O)Nc3ccc(OC(F)F)cc3)C2)cc(C)c1Cl. The minimum absolute atomic E-state index is 0.0187. The summed E-state index contributed by atoms with van der Waals surface area (Å²) in [6, 6.07) is 9.38. The summed E-state index contributed by atoms with van der Waals surface area (Å²) in [6.45, 7) is 2.08. The van der Waals surface area contributed by atoms with Crippen molar-refractivity contribution in [3.63, 3.8) is 0 Å². The molecule has 0 radical (unpaired) electrons. The van der Waals surface area contributed by atoms with Gasteiger partial charge in [-0.05, 0) is 80.8 Å². The zero-order valence-electron chi connectivity index (χ0n) is 18.0. The number of carbonyl (C=O) groups is 1. The minimum Gasteiger partial charge on any atom is -0.491 e. The average molecular weight is 469 g/mol. The third-order valence-corrected chi connectivity index (χ3v) is 5.88. The lowest BCUT2D eigenvalue weighted by atomic mass is 9.93. The molecular weight excluding hydrogens is 442 g/mol. The molecule has 0 aromatic heterocycles. The van der Waals surface area contributed by atoms with Crippen LogP contribution in [-0.4, -0.2) is 54.4 Å². The number of amides is 1. The van der Waals surface area contributed by atoms with Gasteiger partial charge in [0.05, 0.1) is 6.54 Å². The number of hydrogen-bond donors (Lipinski definition) is 2. The zero-order chi connectivity index (χ0) is 23.3. The molecule has 3 rings (SSSR count). The summed E-state index contributed by atoms with van der Waals surface area (Å²) in [6.07, 6.45) is 1.30. The summed E-state index contributed by atoms with van der Waals surface area (Å²) in [5.74, 6) is 0.402. The molecule has 2 aromatic carbocycles. The Labute approximate surface area is 191 Å². The lowest BCUT2D eigenvalue weighted by Gasteiger charge is -2.38. The van der Waals surface area contributed by atoms with E-state index in [0.717, 1.165) is 17.5 Å². The number of rotatable bonds is 8. The van der Waals surface area contributed by atoms with Crippen LogP contribution in [0.15, 0.2) is 36.4 Å². The normalized spacial score (nSPS) is 19.1. The number of nitrogens with zero attached hydrogens (tertiary/aromatic N) is 1. The van der Waals surface area contributed by atoms with Crippen LogP contribution in [0.25, 0.3) is 0 Å². The molecule has 1 fully saturated rings. The lowest BCUT2D eigenvalue weighted by Crippen LogP contribution is -2.53. The van der Waals surface area contributed by atoms with E-state index in [1.165, 1.54) is 24.3 Å². The zero-order valence-corrected chi connectivity index (χ0v) is 18.8. The van der Waals surface area contributed by atoms with Gasteiger partial charge in [0.25, 0.3) is 0 Å². The Hall–Kier alpha value is -2.42. The second-order valence-corrected chi connectivity index (χ2v) is 8.53. The predicted octanol–water partition coefficient (Wildman–Crippen LogP) is 4.40. The summed E-state index contributed by atoms with van der Waals surface area (Å²) >= 11 is 6.19. The van der Waals surface area contributed by atoms with Gasteiger partial charge >= 0.3 is 6.61 Å². The number of hydrogen-bond acceptors (Lipinski definition) is 5. The molecule has 1 aliphatic rings. The quantitative estimate of drug-likeness (QED) is 0.600. The number of carbonyl (C=O) groups excluding carboxylic acids is 1. The van der Waals surface area contributed by atoms with Gasteiger partial charge in [0.1, 0.15) is 23.7 Å². The van der Waals surface area contributed by atoms with E-state index >= 15 is 0 Å². The fourth-order valence-electron chi connectivity index (χ4n) is 3.79. The number of halogens is 3. The smallest absolute Gasteiger partial charge is 0.387 e. The van der Waals surface area contributed by atoms with E-state index < -0.39 is 12.2 Å². The number of alkyl halides is 2. The summed E-state index contributed by atoms with van der Waals surface area (Å²) in [4.78, 5) is 14.3. The van der Waals surface area contributed by atoms with Crippen molar-refractivity contribution in [3.8, 4) is 11.5 Å². The maximum Gasteiger partial charge on any atom is 0.387 e. The van der Waals surface area contributed by atoms with Gasteiger partial charge in [-0.25, -0.2) is 0 Å². The number of aryl methyl sites for hydroxylation is 2. The Balaban J connectivity index is 1.51. The van der Waals surface area contributed by atoms with Gasteiger partial charge in [-0.3, -0.25) is 9.69 Å². The second kappa shape index (κ2) is 10.5. The van der Waals surface area contributed by atoms with Crippen molar-refractivity contribution in [1.29, 1.82) is 0 Å². The number of anilines is 1. The Morgan fingerprint density at radius 2 is 1.88 bits per heavy atom. The number of likely N-dealkylation sites (tertiary alicyclic amines) is 1. The van der Waals surface area contributed by atoms with Crippen LogP contribution in [0.3, 0.4) is 0 Å². The highest BCUT2D eigenvalue weighted by Gasteiger charge is 2.34. The number of nitrogens with one attached hydrogen (secondary N) is 1. The first-order valence-corrected chi connectivity index (χ1v) is 10.7. The molecule has 0 saturated carbocycles. The highest BCUT2D eigenvalue weighted by Crippen LogP contribution is 2.28. The highest BCUT2D eigenvalue weighted by atomic mass is 35.5. The first-order valence-electron chi connectivity index (χ1n) is 10.3. The molecule has 0 bridgehead atoms. The van der Waals surface area contributed by atoms with Gasteiger partial charge in [-0.15, -0.1) is 0 Å². The summed E-state index contributed by atoms with van der Waals surface area (Å²) in [5, 5.41) is 14.4. The molecule has 1 unspecified atom stereocenters. The van der Waals surface area contributed by atoms with E-state index in [9.17, 15) is 18.7 Å². The first-order chi connectivity index (χ1) is 15.1. The van der Waals surface area contributed by atoms with E-state index in [4.69, 9.17) is 16.3 Å². The molecule has 1 atom stereocenters. The predicted molar refractivity (Wildman–Crippen MR) is 119 cm³/mol. The standard InChI is InChI=1S/C23H27ClF2N2O4/c1-15-10-19(11-16(2)21(15)24)31-14-23(30)8-3-9-28(13-23)12-20(29)27-17-4-6-18(7-5-17)32-22(25)26/h4-7,10-11,22,30H,3,8-9,12-14H2,1-2H3,(H,27,29). The summed E-state index contributed by atoms with van der Waals surface area (Å²) < 4.78 is 34.6. The molecule has 0 spiro atoms. The molecule has 1 heterocycles. The van der Waals surface area contributed by atoms with Crippen molar-refractivity contribution in [2.24, 2.45) is 0 Å². The van der Waals surface area contributed by atoms with Gasteiger partial charge in [-0.2, -0.15) is 8.78 Å². The Morgan fingerprint density at radius 1 is 1.22 bits per heavy atom. The molecule has 32 heavy (non-hydrogen) atoms. The molecule has 0 aliphatic carbocycles. The van der Waals surface area contributed by atoms with Crippen molar-refractivity contribution >= 4 is 23.2 Å². The maximum absolute atomic E-state index is 12.4. The van der Waals surface area contributed by atoms with Gasteiger partial charge in [0.15, 0.2) is 0 Å². The lowest BCUT2D eigenvalue weighted by molar-refractivity contribution is -0.119. The van der Waals surface area contributed by atoms with Gasteiger partial charge < -0.3 is 19.9 Å². The monoisotopic (exact) mass is 468 g/mol. The van der Waals surface area contributed by atoms with Crippen LogP contribution >= 0.6 is 11.6 Å². The highest BCUT2D eigenvalue weighted by molar-refractivity contribution is 6.32. The number of aliphatic hydroxyl groups is 1. The van der Waals surface area contributed by atoms with Crippen LogP contribution in [0, 0.1) is 13.8 Å².